The third kappa shape index (κ3) is 3.55. The molecule has 13 heavy (non-hydrogen) atoms. The Morgan fingerprint density at radius 3 is 2.69 bits per heavy atom. The average molecular weight is 178 g/mol. The largest absolute Gasteiger partial charge is 0.310 e. The molecule has 0 aliphatic rings. The smallest absolute Gasteiger partial charge is 0.0312 e. The number of nitrogens with zero attached hydrogens (tertiary/aromatic N) is 1. The molecule has 1 N–H and O–H groups in total. The zero-order chi connectivity index (χ0) is 9.52. The Balaban J connectivity index is 2.34. The van der Waals surface area contributed by atoms with E-state index in [1.165, 1.54) is 18.4 Å². The standard InChI is InChI=1S/C11H18N2/c1-3-11(4-2)13-9-10-6-5-7-12-8-10/h5-8,11,13H,3-4,9H2,1-2H3. The monoisotopic (exact) mass is 178 g/mol. The van der Waals surface area contributed by atoms with Crippen LogP contribution in [0.4, 0.5) is 0 Å². The lowest BCUT2D eigenvalue weighted by atomic mass is 10.1. The van der Waals surface area contributed by atoms with E-state index in [9.17, 15) is 0 Å². The Labute approximate surface area is 80.4 Å². The minimum Gasteiger partial charge on any atom is -0.310 e. The molecule has 1 aromatic heterocycles. The number of nitrogens with one attached hydrogen (secondary N) is 1. The van der Waals surface area contributed by atoms with Gasteiger partial charge in [-0.2, -0.15) is 0 Å². The molecule has 0 radical (unpaired) electrons. The zero-order valence-corrected chi connectivity index (χ0v) is 8.46. The van der Waals surface area contributed by atoms with Crippen molar-refractivity contribution >= 4 is 0 Å². The molecule has 0 fully saturated rings. The first-order valence-corrected chi connectivity index (χ1v) is 4.99. The molecule has 1 heterocycles. The maximum Gasteiger partial charge on any atom is 0.0312 e. The summed E-state index contributed by atoms with van der Waals surface area (Å²) in [6.07, 6.45) is 6.10. The summed E-state index contributed by atoms with van der Waals surface area (Å²) in [5, 5.41) is 3.50. The summed E-state index contributed by atoms with van der Waals surface area (Å²) in [5.74, 6) is 0. The van der Waals surface area contributed by atoms with Gasteiger partial charge in [0.2, 0.25) is 0 Å². The molecule has 0 atom stereocenters. The van der Waals surface area contributed by atoms with Gasteiger partial charge in [0.05, 0.1) is 0 Å². The quantitative estimate of drug-likeness (QED) is 0.748. The van der Waals surface area contributed by atoms with Gasteiger partial charge in [0.25, 0.3) is 0 Å². The van der Waals surface area contributed by atoms with Crippen molar-refractivity contribution < 1.29 is 0 Å². The molecule has 0 unspecified atom stereocenters. The van der Waals surface area contributed by atoms with E-state index in [-0.39, 0.29) is 0 Å². The van der Waals surface area contributed by atoms with Crippen LogP contribution in [-0.4, -0.2) is 11.0 Å². The minimum absolute atomic E-state index is 0.639. The zero-order valence-electron chi connectivity index (χ0n) is 8.46. The van der Waals surface area contributed by atoms with Crippen LogP contribution in [0, 0.1) is 0 Å². The number of hydrogen-bond acceptors (Lipinski definition) is 2. The summed E-state index contributed by atoms with van der Waals surface area (Å²) in [5.41, 5.74) is 1.26. The minimum atomic E-state index is 0.639. The van der Waals surface area contributed by atoms with Crippen molar-refractivity contribution in [1.29, 1.82) is 0 Å². The second kappa shape index (κ2) is 5.70. The predicted octanol–water partition coefficient (Wildman–Crippen LogP) is 2.36. The van der Waals surface area contributed by atoms with E-state index < -0.39 is 0 Å². The Morgan fingerprint density at radius 1 is 1.38 bits per heavy atom. The molecule has 0 aromatic carbocycles. The van der Waals surface area contributed by atoms with Gasteiger partial charge in [-0.3, -0.25) is 4.98 Å². The molecular formula is C11H18N2. The maximum atomic E-state index is 4.07. The number of rotatable bonds is 5. The third-order valence-electron chi connectivity index (χ3n) is 2.30. The molecule has 2 nitrogen and oxygen atoms in total. The van der Waals surface area contributed by atoms with Crippen LogP contribution in [-0.2, 0) is 6.54 Å². The van der Waals surface area contributed by atoms with Gasteiger partial charge < -0.3 is 5.32 Å². The lowest BCUT2D eigenvalue weighted by Gasteiger charge is -2.14. The molecule has 0 amide bonds. The Morgan fingerprint density at radius 2 is 2.15 bits per heavy atom. The van der Waals surface area contributed by atoms with Crippen molar-refractivity contribution in [2.75, 3.05) is 0 Å². The molecule has 0 aliphatic carbocycles. The highest BCUT2D eigenvalue weighted by molar-refractivity contribution is 5.07. The number of pyridine rings is 1. The fourth-order valence-electron chi connectivity index (χ4n) is 1.34. The summed E-state index contributed by atoms with van der Waals surface area (Å²) in [6.45, 7) is 5.36. The van der Waals surface area contributed by atoms with Crippen molar-refractivity contribution in [2.24, 2.45) is 0 Å². The van der Waals surface area contributed by atoms with Crippen molar-refractivity contribution in [1.82, 2.24) is 10.3 Å². The second-order valence-electron chi connectivity index (χ2n) is 3.26. The lowest BCUT2D eigenvalue weighted by Crippen LogP contribution is -2.26. The van der Waals surface area contributed by atoms with Gasteiger partial charge in [-0.25, -0.2) is 0 Å². The number of aromatic nitrogens is 1. The van der Waals surface area contributed by atoms with E-state index in [4.69, 9.17) is 0 Å². The van der Waals surface area contributed by atoms with Gasteiger partial charge in [0, 0.05) is 25.0 Å². The van der Waals surface area contributed by atoms with E-state index >= 15 is 0 Å². The summed E-state index contributed by atoms with van der Waals surface area (Å²) >= 11 is 0. The van der Waals surface area contributed by atoms with Crippen LogP contribution in [0.5, 0.6) is 0 Å². The molecule has 72 valence electrons. The van der Waals surface area contributed by atoms with E-state index in [1.807, 2.05) is 12.3 Å². The van der Waals surface area contributed by atoms with Crippen LogP contribution in [0.2, 0.25) is 0 Å². The summed E-state index contributed by atoms with van der Waals surface area (Å²) in [4.78, 5) is 4.07. The van der Waals surface area contributed by atoms with Gasteiger partial charge in [0.15, 0.2) is 0 Å². The molecule has 2 heteroatoms. The van der Waals surface area contributed by atoms with Crippen molar-refractivity contribution in [3.05, 3.63) is 30.1 Å². The Kier molecular flexibility index (Phi) is 4.47. The lowest BCUT2D eigenvalue weighted by molar-refractivity contribution is 0.484. The fourth-order valence-corrected chi connectivity index (χ4v) is 1.34. The second-order valence-corrected chi connectivity index (χ2v) is 3.26. The third-order valence-corrected chi connectivity index (χ3v) is 2.30. The van der Waals surface area contributed by atoms with Crippen LogP contribution in [0.15, 0.2) is 24.5 Å². The van der Waals surface area contributed by atoms with Crippen molar-refractivity contribution in [3.63, 3.8) is 0 Å². The van der Waals surface area contributed by atoms with E-state index in [2.05, 4.69) is 30.2 Å². The molecule has 0 saturated carbocycles. The molecule has 0 bridgehead atoms. The van der Waals surface area contributed by atoms with Gasteiger partial charge in [-0.1, -0.05) is 19.9 Å². The Bertz CT molecular complexity index is 217. The first-order chi connectivity index (χ1) is 6.36. The van der Waals surface area contributed by atoms with Crippen LogP contribution >= 0.6 is 0 Å². The van der Waals surface area contributed by atoms with Crippen LogP contribution in [0.3, 0.4) is 0 Å². The summed E-state index contributed by atoms with van der Waals surface area (Å²) in [6, 6.07) is 4.71. The Hall–Kier alpha value is -0.890. The van der Waals surface area contributed by atoms with Crippen molar-refractivity contribution in [3.8, 4) is 0 Å². The summed E-state index contributed by atoms with van der Waals surface area (Å²) in [7, 11) is 0. The van der Waals surface area contributed by atoms with Crippen LogP contribution < -0.4 is 5.32 Å². The highest BCUT2D eigenvalue weighted by Crippen LogP contribution is 2.00. The maximum absolute atomic E-state index is 4.07. The molecule has 0 aliphatic heterocycles. The molecule has 1 rings (SSSR count). The average Bonchev–Trinajstić information content (AvgIpc) is 2.21. The predicted molar refractivity (Wildman–Crippen MR) is 55.4 cm³/mol. The van der Waals surface area contributed by atoms with E-state index in [0.717, 1.165) is 6.54 Å². The topological polar surface area (TPSA) is 24.9 Å². The van der Waals surface area contributed by atoms with E-state index in [0.29, 0.717) is 6.04 Å². The highest BCUT2D eigenvalue weighted by atomic mass is 14.9. The number of hydrogen-bond donors (Lipinski definition) is 1. The van der Waals surface area contributed by atoms with Gasteiger partial charge >= 0.3 is 0 Å². The molecule has 0 saturated heterocycles. The van der Waals surface area contributed by atoms with Crippen LogP contribution in [0.25, 0.3) is 0 Å². The van der Waals surface area contributed by atoms with E-state index in [1.54, 1.807) is 6.20 Å². The van der Waals surface area contributed by atoms with Crippen LogP contribution in [0.1, 0.15) is 32.3 Å². The molecular weight excluding hydrogens is 160 g/mol. The first kappa shape index (κ1) is 10.2. The van der Waals surface area contributed by atoms with Gasteiger partial charge in [-0.05, 0) is 24.5 Å². The normalized spacial score (nSPS) is 10.7. The van der Waals surface area contributed by atoms with Gasteiger partial charge in [-0.15, -0.1) is 0 Å². The summed E-state index contributed by atoms with van der Waals surface area (Å²) < 4.78 is 0. The highest BCUT2D eigenvalue weighted by Gasteiger charge is 2.01. The fraction of sp³-hybridized carbons (Fsp3) is 0.545. The van der Waals surface area contributed by atoms with Gasteiger partial charge in [0.1, 0.15) is 0 Å². The molecule has 1 aromatic rings. The molecule has 0 spiro atoms. The first-order valence-electron chi connectivity index (χ1n) is 4.99. The van der Waals surface area contributed by atoms with Crippen molar-refractivity contribution in [2.45, 2.75) is 39.3 Å². The SMILES string of the molecule is CCC(CC)NCc1cccnc1.